The molecular weight excluding hydrogens is 202 g/mol. The van der Waals surface area contributed by atoms with Gasteiger partial charge in [-0.2, -0.15) is 0 Å². The van der Waals surface area contributed by atoms with Crippen LogP contribution in [-0.4, -0.2) is 31.4 Å². The van der Waals surface area contributed by atoms with Gasteiger partial charge in [-0.1, -0.05) is 13.8 Å². The van der Waals surface area contributed by atoms with Crippen molar-refractivity contribution in [2.45, 2.75) is 38.5 Å². The molecule has 1 N–H and O–H groups in total. The lowest BCUT2D eigenvalue weighted by molar-refractivity contribution is -0.119. The molecule has 5 heteroatoms. The molecule has 1 amide bonds. The maximum absolute atomic E-state index is 11.6. The molecule has 1 fully saturated rings. The smallest absolute Gasteiger partial charge is 0.217 e. The molecule has 14 heavy (non-hydrogen) atoms. The van der Waals surface area contributed by atoms with Crippen LogP contribution in [0.25, 0.3) is 0 Å². The molecule has 82 valence electrons. The van der Waals surface area contributed by atoms with Crippen LogP contribution in [0.4, 0.5) is 0 Å². The Morgan fingerprint density at radius 3 is 2.43 bits per heavy atom. The third kappa shape index (κ3) is 2.26. The maximum atomic E-state index is 11.6. The second kappa shape index (κ2) is 3.88. The fourth-order valence-corrected chi connectivity index (χ4v) is 4.53. The van der Waals surface area contributed by atoms with Gasteiger partial charge < -0.3 is 5.32 Å². The number of carbonyl (C=O) groups excluding carboxylic acids is 1. The van der Waals surface area contributed by atoms with Crippen molar-refractivity contribution in [3.63, 3.8) is 0 Å². The highest BCUT2D eigenvalue weighted by molar-refractivity contribution is 7.92. The first-order valence-corrected chi connectivity index (χ1v) is 6.55. The van der Waals surface area contributed by atoms with Gasteiger partial charge in [0.25, 0.3) is 0 Å². The predicted octanol–water partition coefficient (Wildman–Crippen LogP) is 0.334. The second-order valence-corrected chi connectivity index (χ2v) is 6.45. The number of hydrogen-bond acceptors (Lipinski definition) is 3. The lowest BCUT2D eigenvalue weighted by Crippen LogP contribution is -2.43. The minimum atomic E-state index is -3.00. The molecule has 0 spiro atoms. The Kier molecular flexibility index (Phi) is 3.19. The van der Waals surface area contributed by atoms with Gasteiger partial charge in [0.1, 0.15) is 0 Å². The number of hydrogen-bond donors (Lipinski definition) is 1. The Labute approximate surface area is 85.0 Å². The SMILES string of the molecule is CC(=O)NC1CCS(=O)(=O)C1C(C)C. The first-order valence-electron chi connectivity index (χ1n) is 4.83. The minimum Gasteiger partial charge on any atom is -0.352 e. The van der Waals surface area contributed by atoms with E-state index in [2.05, 4.69) is 5.32 Å². The molecule has 0 saturated carbocycles. The quantitative estimate of drug-likeness (QED) is 0.728. The summed E-state index contributed by atoms with van der Waals surface area (Å²) >= 11 is 0. The van der Waals surface area contributed by atoms with Crippen molar-refractivity contribution >= 4 is 15.7 Å². The number of sulfone groups is 1. The zero-order chi connectivity index (χ0) is 10.9. The zero-order valence-corrected chi connectivity index (χ0v) is 9.60. The minimum absolute atomic E-state index is 0.0550. The Morgan fingerprint density at radius 2 is 2.00 bits per heavy atom. The highest BCUT2D eigenvalue weighted by atomic mass is 32.2. The predicted molar refractivity (Wildman–Crippen MR) is 54.6 cm³/mol. The van der Waals surface area contributed by atoms with Gasteiger partial charge in [0, 0.05) is 13.0 Å². The molecule has 0 radical (unpaired) electrons. The van der Waals surface area contributed by atoms with Crippen LogP contribution < -0.4 is 5.32 Å². The van der Waals surface area contributed by atoms with E-state index in [1.165, 1.54) is 6.92 Å². The summed E-state index contributed by atoms with van der Waals surface area (Å²) in [5.41, 5.74) is 0. The summed E-state index contributed by atoms with van der Waals surface area (Å²) in [4.78, 5) is 10.9. The van der Waals surface area contributed by atoms with Gasteiger partial charge in [-0.15, -0.1) is 0 Å². The molecule has 1 saturated heterocycles. The Bertz CT molecular complexity index is 321. The van der Waals surface area contributed by atoms with Gasteiger partial charge in [0.15, 0.2) is 9.84 Å². The molecule has 1 aliphatic heterocycles. The van der Waals surface area contributed by atoms with Crippen molar-refractivity contribution in [1.82, 2.24) is 5.32 Å². The second-order valence-electron chi connectivity index (χ2n) is 4.17. The van der Waals surface area contributed by atoms with Crippen LogP contribution in [-0.2, 0) is 14.6 Å². The van der Waals surface area contributed by atoms with Gasteiger partial charge in [0.05, 0.1) is 11.0 Å². The van der Waals surface area contributed by atoms with Gasteiger partial charge in [-0.25, -0.2) is 8.42 Å². The first kappa shape index (κ1) is 11.5. The number of nitrogens with one attached hydrogen (secondary N) is 1. The average molecular weight is 219 g/mol. The number of amides is 1. The lowest BCUT2D eigenvalue weighted by Gasteiger charge is -2.22. The Morgan fingerprint density at radius 1 is 1.43 bits per heavy atom. The molecule has 1 rings (SSSR count). The van der Waals surface area contributed by atoms with Crippen molar-refractivity contribution in [1.29, 1.82) is 0 Å². The molecule has 0 aromatic rings. The van der Waals surface area contributed by atoms with E-state index in [1.54, 1.807) is 0 Å². The topological polar surface area (TPSA) is 63.2 Å². The fourth-order valence-electron chi connectivity index (χ4n) is 2.14. The summed E-state index contributed by atoms with van der Waals surface area (Å²) in [6.45, 7) is 5.17. The average Bonchev–Trinajstić information content (AvgIpc) is 2.24. The van der Waals surface area contributed by atoms with Gasteiger partial charge >= 0.3 is 0 Å². The third-order valence-corrected chi connectivity index (χ3v) is 5.08. The molecule has 4 nitrogen and oxygen atoms in total. The van der Waals surface area contributed by atoms with E-state index in [-0.39, 0.29) is 23.6 Å². The summed E-state index contributed by atoms with van der Waals surface area (Å²) in [5.74, 6) is 0.0953. The fraction of sp³-hybridized carbons (Fsp3) is 0.889. The van der Waals surface area contributed by atoms with Crippen molar-refractivity contribution in [2.24, 2.45) is 5.92 Å². The summed E-state index contributed by atoms with van der Waals surface area (Å²) < 4.78 is 23.3. The van der Waals surface area contributed by atoms with Crippen LogP contribution >= 0.6 is 0 Å². The Balaban J connectivity index is 2.85. The van der Waals surface area contributed by atoms with Crippen molar-refractivity contribution in [3.05, 3.63) is 0 Å². The van der Waals surface area contributed by atoms with Crippen molar-refractivity contribution in [3.8, 4) is 0 Å². The highest BCUT2D eigenvalue weighted by Crippen LogP contribution is 2.26. The van der Waals surface area contributed by atoms with E-state index in [4.69, 9.17) is 0 Å². The molecule has 1 aliphatic rings. The van der Waals surface area contributed by atoms with Gasteiger partial charge in [0.2, 0.25) is 5.91 Å². The van der Waals surface area contributed by atoms with Crippen molar-refractivity contribution in [2.75, 3.05) is 5.75 Å². The summed E-state index contributed by atoms with van der Waals surface area (Å²) in [5, 5.41) is 2.30. The molecule has 1 heterocycles. The van der Waals surface area contributed by atoms with Crippen LogP contribution in [0.3, 0.4) is 0 Å². The van der Waals surface area contributed by atoms with E-state index < -0.39 is 15.1 Å². The molecule has 0 aliphatic carbocycles. The van der Waals surface area contributed by atoms with Crippen LogP contribution in [0.2, 0.25) is 0 Å². The standard InChI is InChI=1S/C9H17NO3S/c1-6(2)9-8(10-7(3)11)4-5-14(9,12)13/h6,8-9H,4-5H2,1-3H3,(H,10,11). The molecule has 0 aromatic heterocycles. The van der Waals surface area contributed by atoms with Crippen molar-refractivity contribution < 1.29 is 13.2 Å². The van der Waals surface area contributed by atoms with E-state index >= 15 is 0 Å². The van der Waals surface area contributed by atoms with E-state index in [9.17, 15) is 13.2 Å². The number of rotatable bonds is 2. The first-order chi connectivity index (χ1) is 6.34. The van der Waals surface area contributed by atoms with Crippen LogP contribution in [0, 0.1) is 5.92 Å². The molecular formula is C9H17NO3S. The zero-order valence-electron chi connectivity index (χ0n) is 8.78. The van der Waals surface area contributed by atoms with Gasteiger partial charge in [-0.3, -0.25) is 4.79 Å². The summed E-state index contributed by atoms with van der Waals surface area (Å²) in [7, 11) is -3.00. The molecule has 0 aromatic carbocycles. The normalized spacial score (nSPS) is 30.6. The monoisotopic (exact) mass is 219 g/mol. The van der Waals surface area contributed by atoms with E-state index in [0.717, 1.165) is 0 Å². The lowest BCUT2D eigenvalue weighted by atomic mass is 10.0. The summed E-state index contributed by atoms with van der Waals surface area (Å²) in [6, 6.07) is -0.197. The van der Waals surface area contributed by atoms with Crippen LogP contribution in [0.15, 0.2) is 0 Å². The van der Waals surface area contributed by atoms with Crippen LogP contribution in [0.1, 0.15) is 27.2 Å². The van der Waals surface area contributed by atoms with Crippen LogP contribution in [0.5, 0.6) is 0 Å². The molecule has 2 atom stereocenters. The highest BCUT2D eigenvalue weighted by Gasteiger charge is 2.42. The van der Waals surface area contributed by atoms with E-state index in [0.29, 0.717) is 6.42 Å². The van der Waals surface area contributed by atoms with Gasteiger partial charge in [-0.05, 0) is 12.3 Å². The maximum Gasteiger partial charge on any atom is 0.217 e. The number of carbonyl (C=O) groups is 1. The molecule has 2 unspecified atom stereocenters. The Hall–Kier alpha value is -0.580. The van der Waals surface area contributed by atoms with E-state index in [1.807, 2.05) is 13.8 Å². The molecule has 0 bridgehead atoms. The largest absolute Gasteiger partial charge is 0.352 e. The summed E-state index contributed by atoms with van der Waals surface area (Å²) in [6.07, 6.45) is 0.546. The third-order valence-electron chi connectivity index (χ3n) is 2.57.